The third kappa shape index (κ3) is 4.85. The summed E-state index contributed by atoms with van der Waals surface area (Å²) in [6, 6.07) is 0. The standard InChI is InChI=1S/C21H35N3O4/c1-2-17-14-21(17,20(22)27)23-19(26)16(12-15-6-4-3-5-7-15)13-18(25)24-8-10-28-11-9-24/h15-17H,2-14H2,1H3,(H2,22,27)(H,23,26)/t16-,17?,21+/m1/s1. The summed E-state index contributed by atoms with van der Waals surface area (Å²) in [6.45, 7) is 4.27. The fourth-order valence-corrected chi connectivity index (χ4v) is 4.92. The van der Waals surface area contributed by atoms with Gasteiger partial charge in [0, 0.05) is 25.4 Å². The van der Waals surface area contributed by atoms with E-state index >= 15 is 0 Å². The van der Waals surface area contributed by atoms with E-state index in [1.165, 1.54) is 19.3 Å². The molecule has 1 unspecified atom stereocenters. The fourth-order valence-electron chi connectivity index (χ4n) is 4.92. The molecule has 3 amide bonds. The number of primary amides is 1. The van der Waals surface area contributed by atoms with Gasteiger partial charge in [0.25, 0.3) is 0 Å². The first-order chi connectivity index (χ1) is 13.5. The highest BCUT2D eigenvalue weighted by Crippen LogP contribution is 2.46. The maximum absolute atomic E-state index is 13.1. The summed E-state index contributed by atoms with van der Waals surface area (Å²) in [4.78, 5) is 39.7. The lowest BCUT2D eigenvalue weighted by Crippen LogP contribution is -2.51. The van der Waals surface area contributed by atoms with Gasteiger partial charge in [-0.25, -0.2) is 0 Å². The molecule has 0 aromatic rings. The number of carbonyl (C=O) groups excluding carboxylic acids is 3. The molecule has 1 heterocycles. The number of carbonyl (C=O) groups is 3. The largest absolute Gasteiger partial charge is 0.378 e. The number of nitrogens with two attached hydrogens (primary N) is 1. The van der Waals surface area contributed by atoms with Crippen LogP contribution in [0.5, 0.6) is 0 Å². The molecule has 3 atom stereocenters. The number of nitrogens with zero attached hydrogens (tertiary/aromatic N) is 1. The molecule has 2 saturated carbocycles. The number of nitrogens with one attached hydrogen (secondary N) is 1. The highest BCUT2D eigenvalue weighted by Gasteiger charge is 2.59. The Balaban J connectivity index is 1.66. The van der Waals surface area contributed by atoms with E-state index in [9.17, 15) is 14.4 Å². The third-order valence-electron chi connectivity index (χ3n) is 6.88. The van der Waals surface area contributed by atoms with Gasteiger partial charge in [-0.1, -0.05) is 45.4 Å². The zero-order valence-electron chi connectivity index (χ0n) is 17.1. The van der Waals surface area contributed by atoms with Crippen molar-refractivity contribution in [2.45, 2.75) is 70.3 Å². The van der Waals surface area contributed by atoms with Crippen molar-refractivity contribution in [3.05, 3.63) is 0 Å². The molecule has 158 valence electrons. The van der Waals surface area contributed by atoms with Gasteiger partial charge in [-0.2, -0.15) is 0 Å². The molecule has 1 saturated heterocycles. The van der Waals surface area contributed by atoms with Crippen LogP contribution in [0.15, 0.2) is 0 Å². The average molecular weight is 394 g/mol. The molecule has 0 spiro atoms. The summed E-state index contributed by atoms with van der Waals surface area (Å²) in [5.41, 5.74) is 4.70. The second kappa shape index (κ2) is 9.25. The smallest absolute Gasteiger partial charge is 0.243 e. The van der Waals surface area contributed by atoms with Gasteiger partial charge in [-0.05, 0) is 24.7 Å². The van der Waals surface area contributed by atoms with E-state index in [0.717, 1.165) is 19.3 Å². The Hall–Kier alpha value is -1.63. The van der Waals surface area contributed by atoms with E-state index in [4.69, 9.17) is 10.5 Å². The summed E-state index contributed by atoms with van der Waals surface area (Å²) in [5, 5.41) is 2.96. The van der Waals surface area contributed by atoms with Gasteiger partial charge in [0.2, 0.25) is 17.7 Å². The molecule has 3 aliphatic rings. The highest BCUT2D eigenvalue weighted by molar-refractivity contribution is 5.95. The first-order valence-corrected chi connectivity index (χ1v) is 10.9. The van der Waals surface area contributed by atoms with Crippen LogP contribution < -0.4 is 11.1 Å². The molecular formula is C21H35N3O4. The topological polar surface area (TPSA) is 102 Å². The average Bonchev–Trinajstić information content (AvgIpc) is 3.43. The molecule has 0 aromatic carbocycles. The molecule has 3 fully saturated rings. The van der Waals surface area contributed by atoms with Crippen LogP contribution in [0.3, 0.4) is 0 Å². The molecule has 7 heteroatoms. The van der Waals surface area contributed by atoms with Crippen molar-refractivity contribution in [3.8, 4) is 0 Å². The van der Waals surface area contributed by atoms with Crippen molar-refractivity contribution in [3.63, 3.8) is 0 Å². The van der Waals surface area contributed by atoms with Crippen molar-refractivity contribution in [1.82, 2.24) is 10.2 Å². The number of rotatable bonds is 8. The Kier molecular flexibility index (Phi) is 6.96. The van der Waals surface area contributed by atoms with Crippen LogP contribution in [0.2, 0.25) is 0 Å². The number of hydrogen-bond donors (Lipinski definition) is 2. The van der Waals surface area contributed by atoms with Gasteiger partial charge in [-0.3, -0.25) is 14.4 Å². The molecule has 0 bridgehead atoms. The van der Waals surface area contributed by atoms with E-state index in [0.29, 0.717) is 45.1 Å². The molecule has 28 heavy (non-hydrogen) atoms. The molecular weight excluding hydrogens is 358 g/mol. The second-order valence-electron chi connectivity index (χ2n) is 8.77. The van der Waals surface area contributed by atoms with Gasteiger partial charge >= 0.3 is 0 Å². The summed E-state index contributed by atoms with van der Waals surface area (Å²) in [5.74, 6) is -0.430. The van der Waals surface area contributed by atoms with Crippen LogP contribution in [0.1, 0.15) is 64.7 Å². The molecule has 0 aromatic heterocycles. The molecule has 0 radical (unpaired) electrons. The first kappa shape index (κ1) is 21.1. The SMILES string of the molecule is CCC1C[C@@]1(NC(=O)[C@@H](CC(=O)N1CCOCC1)CC1CCCCC1)C(N)=O. The minimum Gasteiger partial charge on any atom is -0.378 e. The van der Waals surface area contributed by atoms with Gasteiger partial charge in [0.05, 0.1) is 13.2 Å². The van der Waals surface area contributed by atoms with Crippen molar-refractivity contribution < 1.29 is 19.1 Å². The normalized spacial score (nSPS) is 29.2. The van der Waals surface area contributed by atoms with Gasteiger partial charge < -0.3 is 20.7 Å². The van der Waals surface area contributed by atoms with E-state index < -0.39 is 17.4 Å². The van der Waals surface area contributed by atoms with Crippen LogP contribution in [0, 0.1) is 17.8 Å². The lowest BCUT2D eigenvalue weighted by atomic mass is 9.81. The van der Waals surface area contributed by atoms with E-state index in [-0.39, 0.29) is 24.2 Å². The van der Waals surface area contributed by atoms with Crippen LogP contribution in [0.4, 0.5) is 0 Å². The van der Waals surface area contributed by atoms with Crippen molar-refractivity contribution in [1.29, 1.82) is 0 Å². The lowest BCUT2D eigenvalue weighted by molar-refractivity contribution is -0.140. The quantitative estimate of drug-likeness (QED) is 0.654. The zero-order chi connectivity index (χ0) is 20.1. The predicted octanol–water partition coefficient (Wildman–Crippen LogP) is 1.59. The highest BCUT2D eigenvalue weighted by atomic mass is 16.5. The monoisotopic (exact) mass is 393 g/mol. The maximum atomic E-state index is 13.1. The van der Waals surface area contributed by atoms with Gasteiger partial charge in [0.15, 0.2) is 0 Å². The molecule has 3 N–H and O–H groups in total. The summed E-state index contributed by atoms with van der Waals surface area (Å²) >= 11 is 0. The molecule has 7 nitrogen and oxygen atoms in total. The molecule has 2 aliphatic carbocycles. The van der Waals surface area contributed by atoms with Crippen LogP contribution in [0.25, 0.3) is 0 Å². The third-order valence-corrected chi connectivity index (χ3v) is 6.88. The van der Waals surface area contributed by atoms with E-state index in [1.54, 1.807) is 4.90 Å². The Morgan fingerprint density at radius 2 is 1.86 bits per heavy atom. The Bertz CT molecular complexity index is 584. The Morgan fingerprint density at radius 1 is 1.18 bits per heavy atom. The zero-order valence-corrected chi connectivity index (χ0v) is 17.1. The summed E-state index contributed by atoms with van der Waals surface area (Å²) < 4.78 is 5.32. The van der Waals surface area contributed by atoms with Crippen LogP contribution in [-0.2, 0) is 19.1 Å². The van der Waals surface area contributed by atoms with E-state index in [1.807, 2.05) is 6.92 Å². The van der Waals surface area contributed by atoms with Crippen molar-refractivity contribution in [2.24, 2.45) is 23.5 Å². The molecule has 3 rings (SSSR count). The van der Waals surface area contributed by atoms with Gasteiger partial charge in [0.1, 0.15) is 5.54 Å². The number of morpholine rings is 1. The maximum Gasteiger partial charge on any atom is 0.243 e. The van der Waals surface area contributed by atoms with Crippen molar-refractivity contribution >= 4 is 17.7 Å². The van der Waals surface area contributed by atoms with E-state index in [2.05, 4.69) is 5.32 Å². The fraction of sp³-hybridized carbons (Fsp3) is 0.857. The minimum absolute atomic E-state index is 0.00947. The Morgan fingerprint density at radius 3 is 2.43 bits per heavy atom. The molecule has 1 aliphatic heterocycles. The van der Waals surface area contributed by atoms with Crippen LogP contribution in [-0.4, -0.2) is 54.5 Å². The predicted molar refractivity (Wildman–Crippen MR) is 105 cm³/mol. The van der Waals surface area contributed by atoms with Crippen molar-refractivity contribution in [2.75, 3.05) is 26.3 Å². The minimum atomic E-state index is -0.904. The number of hydrogen-bond acceptors (Lipinski definition) is 4. The summed E-state index contributed by atoms with van der Waals surface area (Å²) in [6.07, 6.45) is 8.22. The lowest BCUT2D eigenvalue weighted by Gasteiger charge is -2.31. The number of ether oxygens (including phenoxy) is 1. The summed E-state index contributed by atoms with van der Waals surface area (Å²) in [7, 11) is 0. The van der Waals surface area contributed by atoms with Crippen LogP contribution >= 0.6 is 0 Å². The second-order valence-corrected chi connectivity index (χ2v) is 8.77. The first-order valence-electron chi connectivity index (χ1n) is 10.9. The Labute approximate surface area is 167 Å². The number of amides is 3. The van der Waals surface area contributed by atoms with Gasteiger partial charge in [-0.15, -0.1) is 0 Å².